The molecule has 3 heterocycles. The van der Waals surface area contributed by atoms with Crippen molar-refractivity contribution in [3.05, 3.63) is 97.6 Å². The Morgan fingerprint density at radius 2 is 1.79 bits per heavy atom. The standard InChI is InChI=1S/C32H24Cl2N4O2S2/c1-17-8-11-21-26(14-17)41-29-27(21)30(39)38(24-16-20(34)10-13-25(24)40-2)32(37-29)42-31-35-23-12-9-19(33)15-22(23)28(36-31)18-6-4-3-5-7-18/h3-7,9-10,12-13,15-17H,8,11,14H2,1-2H3. The summed E-state index contributed by atoms with van der Waals surface area (Å²) < 4.78 is 7.28. The largest absolute Gasteiger partial charge is 0.495 e. The molecule has 0 saturated heterocycles. The average molecular weight is 632 g/mol. The van der Waals surface area contributed by atoms with E-state index in [2.05, 4.69) is 6.92 Å². The molecule has 0 fully saturated rings. The van der Waals surface area contributed by atoms with E-state index < -0.39 is 0 Å². The number of rotatable bonds is 5. The normalized spacial score (nSPS) is 14.8. The lowest BCUT2D eigenvalue weighted by atomic mass is 9.89. The molecule has 6 nitrogen and oxygen atoms in total. The van der Waals surface area contributed by atoms with Crippen LogP contribution >= 0.6 is 46.3 Å². The summed E-state index contributed by atoms with van der Waals surface area (Å²) in [6.07, 6.45) is 2.87. The fourth-order valence-electron chi connectivity index (χ4n) is 5.51. The number of fused-ring (bicyclic) bond motifs is 4. The second-order valence-electron chi connectivity index (χ2n) is 10.4. The van der Waals surface area contributed by atoms with Crippen molar-refractivity contribution < 1.29 is 4.74 Å². The molecule has 1 atom stereocenters. The SMILES string of the molecule is COc1ccc(Cl)cc1-n1c(Sc2nc(-c3ccccc3)c3cc(Cl)ccc3n2)nc2sc3c(c2c1=O)CCC(C)C3. The average Bonchev–Trinajstić information content (AvgIpc) is 3.35. The van der Waals surface area contributed by atoms with Crippen LogP contribution < -0.4 is 10.3 Å². The van der Waals surface area contributed by atoms with Crippen molar-refractivity contribution >= 4 is 67.4 Å². The van der Waals surface area contributed by atoms with E-state index in [1.165, 1.54) is 16.6 Å². The molecule has 3 aromatic heterocycles. The van der Waals surface area contributed by atoms with E-state index in [-0.39, 0.29) is 5.56 Å². The third-order valence-electron chi connectivity index (χ3n) is 7.55. The van der Waals surface area contributed by atoms with Crippen LogP contribution in [-0.4, -0.2) is 26.6 Å². The van der Waals surface area contributed by atoms with Crippen LogP contribution in [0.25, 0.3) is 38.1 Å². The third-order valence-corrected chi connectivity index (χ3v) is 9.99. The Bertz CT molecular complexity index is 2060. The summed E-state index contributed by atoms with van der Waals surface area (Å²) >= 11 is 15.7. The fraction of sp³-hybridized carbons (Fsp3) is 0.188. The molecule has 1 aliphatic carbocycles. The first kappa shape index (κ1) is 27.4. The van der Waals surface area contributed by atoms with Crippen molar-refractivity contribution in [2.45, 2.75) is 36.5 Å². The highest BCUT2D eigenvalue weighted by atomic mass is 35.5. The fourth-order valence-corrected chi connectivity index (χ4v) is 8.14. The van der Waals surface area contributed by atoms with Gasteiger partial charge in [0.1, 0.15) is 10.6 Å². The van der Waals surface area contributed by atoms with Crippen molar-refractivity contribution in [3.8, 4) is 22.7 Å². The first-order valence-corrected chi connectivity index (χ1v) is 15.9. The van der Waals surface area contributed by atoms with E-state index in [1.54, 1.807) is 41.2 Å². The Hall–Kier alpha value is -3.43. The van der Waals surface area contributed by atoms with E-state index in [9.17, 15) is 4.79 Å². The van der Waals surface area contributed by atoms with E-state index in [1.807, 2.05) is 48.5 Å². The van der Waals surface area contributed by atoms with Gasteiger partial charge in [0, 0.05) is 25.9 Å². The quantitative estimate of drug-likeness (QED) is 0.178. The van der Waals surface area contributed by atoms with Crippen LogP contribution in [0.2, 0.25) is 10.0 Å². The lowest BCUT2D eigenvalue weighted by molar-refractivity contribution is 0.411. The zero-order valence-electron chi connectivity index (χ0n) is 22.7. The summed E-state index contributed by atoms with van der Waals surface area (Å²) in [6.45, 7) is 2.26. The molecule has 0 N–H and O–H groups in total. The summed E-state index contributed by atoms with van der Waals surface area (Å²) in [5, 5.41) is 3.50. The molecule has 0 aliphatic heterocycles. The maximum absolute atomic E-state index is 14.4. The number of hydrogen-bond donors (Lipinski definition) is 0. The van der Waals surface area contributed by atoms with E-state index >= 15 is 0 Å². The number of thiophene rings is 1. The molecule has 210 valence electrons. The number of nitrogens with zero attached hydrogens (tertiary/aromatic N) is 4. The maximum Gasteiger partial charge on any atom is 0.267 e. The minimum Gasteiger partial charge on any atom is -0.495 e. The molecule has 1 unspecified atom stereocenters. The Morgan fingerprint density at radius 3 is 2.60 bits per heavy atom. The Balaban J connectivity index is 1.48. The van der Waals surface area contributed by atoms with Crippen molar-refractivity contribution in [2.24, 2.45) is 5.92 Å². The number of aryl methyl sites for hydroxylation is 1. The van der Waals surface area contributed by atoms with Gasteiger partial charge in [-0.15, -0.1) is 11.3 Å². The molecule has 3 aromatic carbocycles. The summed E-state index contributed by atoms with van der Waals surface area (Å²) in [6, 6.07) is 20.7. The van der Waals surface area contributed by atoms with Crippen LogP contribution in [-0.2, 0) is 12.8 Å². The van der Waals surface area contributed by atoms with Crippen molar-refractivity contribution in [3.63, 3.8) is 0 Å². The van der Waals surface area contributed by atoms with Gasteiger partial charge in [-0.1, -0.05) is 60.5 Å². The van der Waals surface area contributed by atoms with Gasteiger partial charge in [0.05, 0.1) is 29.4 Å². The monoisotopic (exact) mass is 630 g/mol. The minimum atomic E-state index is -0.147. The second kappa shape index (κ2) is 11.0. The molecule has 6 aromatic rings. The molecule has 1 aliphatic rings. The van der Waals surface area contributed by atoms with Crippen LogP contribution in [0, 0.1) is 5.92 Å². The maximum atomic E-state index is 14.4. The predicted octanol–water partition coefficient (Wildman–Crippen LogP) is 8.65. The van der Waals surface area contributed by atoms with Gasteiger partial charge < -0.3 is 4.74 Å². The lowest BCUT2D eigenvalue weighted by Crippen LogP contribution is -2.23. The molecule has 0 radical (unpaired) electrons. The van der Waals surface area contributed by atoms with Crippen molar-refractivity contribution in [1.29, 1.82) is 0 Å². The Morgan fingerprint density at radius 1 is 1.00 bits per heavy atom. The number of ether oxygens (including phenoxy) is 1. The van der Waals surface area contributed by atoms with E-state index in [4.69, 9.17) is 42.9 Å². The highest BCUT2D eigenvalue weighted by Gasteiger charge is 2.27. The van der Waals surface area contributed by atoms with Gasteiger partial charge in [-0.25, -0.2) is 15.0 Å². The van der Waals surface area contributed by atoms with Gasteiger partial charge in [-0.2, -0.15) is 0 Å². The van der Waals surface area contributed by atoms with Crippen molar-refractivity contribution in [2.75, 3.05) is 7.11 Å². The van der Waals surface area contributed by atoms with Gasteiger partial charge in [-0.3, -0.25) is 9.36 Å². The second-order valence-corrected chi connectivity index (χ2v) is 13.3. The van der Waals surface area contributed by atoms with Crippen LogP contribution in [0.15, 0.2) is 81.8 Å². The number of halogens is 2. The highest BCUT2D eigenvalue weighted by Crippen LogP contribution is 2.39. The van der Waals surface area contributed by atoms with Crippen molar-refractivity contribution in [1.82, 2.24) is 19.5 Å². The lowest BCUT2D eigenvalue weighted by Gasteiger charge is -2.18. The number of aromatic nitrogens is 4. The van der Waals surface area contributed by atoms with Gasteiger partial charge in [0.15, 0.2) is 10.3 Å². The van der Waals surface area contributed by atoms with E-state index in [0.717, 1.165) is 51.8 Å². The summed E-state index contributed by atoms with van der Waals surface area (Å²) in [7, 11) is 1.58. The molecule has 42 heavy (non-hydrogen) atoms. The van der Waals surface area contributed by atoms with Gasteiger partial charge in [0.2, 0.25) is 0 Å². The van der Waals surface area contributed by atoms with Gasteiger partial charge >= 0.3 is 0 Å². The molecular weight excluding hydrogens is 607 g/mol. The van der Waals surface area contributed by atoms with Gasteiger partial charge in [0.25, 0.3) is 5.56 Å². The van der Waals surface area contributed by atoms with Crippen LogP contribution in [0.3, 0.4) is 0 Å². The predicted molar refractivity (Wildman–Crippen MR) is 172 cm³/mol. The minimum absolute atomic E-state index is 0.147. The highest BCUT2D eigenvalue weighted by molar-refractivity contribution is 7.99. The zero-order valence-corrected chi connectivity index (χ0v) is 25.9. The molecular formula is C32H24Cl2N4O2S2. The Kier molecular flexibility index (Phi) is 7.18. The number of benzene rings is 3. The molecule has 7 rings (SSSR count). The first-order valence-electron chi connectivity index (χ1n) is 13.5. The van der Waals surface area contributed by atoms with E-state index in [0.29, 0.717) is 43.1 Å². The first-order chi connectivity index (χ1) is 20.4. The van der Waals surface area contributed by atoms with Gasteiger partial charge in [-0.05, 0) is 78.9 Å². The summed E-state index contributed by atoms with van der Waals surface area (Å²) in [5.41, 5.74) is 3.92. The van der Waals surface area contributed by atoms with Crippen LogP contribution in [0.4, 0.5) is 0 Å². The molecule has 0 amide bonds. The van der Waals surface area contributed by atoms with Crippen LogP contribution in [0.1, 0.15) is 23.8 Å². The number of methoxy groups -OCH3 is 1. The zero-order chi connectivity index (χ0) is 29.0. The smallest absolute Gasteiger partial charge is 0.267 e. The topological polar surface area (TPSA) is 69.9 Å². The molecule has 10 heteroatoms. The molecule has 0 saturated carbocycles. The Labute approximate surface area is 260 Å². The number of hydrogen-bond acceptors (Lipinski definition) is 7. The summed E-state index contributed by atoms with van der Waals surface area (Å²) in [4.78, 5) is 31.3. The third kappa shape index (κ3) is 4.86. The molecule has 0 spiro atoms. The van der Waals surface area contributed by atoms with Crippen LogP contribution in [0.5, 0.6) is 5.75 Å². The summed E-state index contributed by atoms with van der Waals surface area (Å²) in [5.74, 6) is 1.09. The molecule has 0 bridgehead atoms.